The largest absolute Gasteiger partial charge is 0.496 e. The molecule has 2 rings (SSSR count). The van der Waals surface area contributed by atoms with Gasteiger partial charge in [0.05, 0.1) is 13.2 Å². The highest BCUT2D eigenvalue weighted by molar-refractivity contribution is 5.42. The van der Waals surface area contributed by atoms with E-state index in [-0.39, 0.29) is 5.56 Å². The minimum absolute atomic E-state index is 0.273. The highest BCUT2D eigenvalue weighted by Gasteiger charge is 2.17. The third-order valence-electron chi connectivity index (χ3n) is 3.40. The van der Waals surface area contributed by atoms with Crippen LogP contribution in [0.25, 0.3) is 0 Å². The van der Waals surface area contributed by atoms with E-state index in [1.807, 2.05) is 19.1 Å². The molecule has 0 fully saturated rings. The van der Waals surface area contributed by atoms with Crippen LogP contribution in [0, 0.1) is 25.5 Å². The predicted molar refractivity (Wildman–Crippen MR) is 74.9 cm³/mol. The fourth-order valence-electron chi connectivity index (χ4n) is 2.13. The topological polar surface area (TPSA) is 35.2 Å². The number of benzene rings is 2. The molecule has 0 saturated heterocycles. The second-order valence-electron chi connectivity index (χ2n) is 4.83. The zero-order chi connectivity index (χ0) is 14.9. The van der Waals surface area contributed by atoms with E-state index >= 15 is 0 Å². The lowest BCUT2D eigenvalue weighted by Crippen LogP contribution is -2.14. The van der Waals surface area contributed by atoms with Gasteiger partial charge in [-0.1, -0.05) is 12.1 Å². The van der Waals surface area contributed by atoms with Crippen LogP contribution in [0.3, 0.4) is 0 Å². The molecule has 0 aliphatic carbocycles. The summed E-state index contributed by atoms with van der Waals surface area (Å²) in [7, 11) is 1.57. The molecular formula is C16H17F2NO. The molecule has 0 saturated carbocycles. The van der Waals surface area contributed by atoms with Crippen LogP contribution in [0.5, 0.6) is 5.75 Å². The van der Waals surface area contributed by atoms with Gasteiger partial charge in [0, 0.05) is 11.6 Å². The van der Waals surface area contributed by atoms with E-state index in [9.17, 15) is 8.78 Å². The van der Waals surface area contributed by atoms with Gasteiger partial charge in [-0.3, -0.25) is 0 Å². The zero-order valence-electron chi connectivity index (χ0n) is 11.7. The summed E-state index contributed by atoms with van der Waals surface area (Å²) < 4.78 is 32.4. The number of hydrogen-bond acceptors (Lipinski definition) is 2. The van der Waals surface area contributed by atoms with Gasteiger partial charge >= 0.3 is 0 Å². The Labute approximate surface area is 117 Å². The van der Waals surface area contributed by atoms with Gasteiger partial charge in [0.15, 0.2) is 0 Å². The second kappa shape index (κ2) is 5.59. The third-order valence-corrected chi connectivity index (χ3v) is 3.40. The molecule has 0 aliphatic rings. The summed E-state index contributed by atoms with van der Waals surface area (Å²) in [6, 6.07) is 7.11. The fraction of sp³-hybridized carbons (Fsp3) is 0.250. The highest BCUT2D eigenvalue weighted by atomic mass is 19.1. The van der Waals surface area contributed by atoms with Crippen molar-refractivity contribution in [3.05, 3.63) is 64.2 Å². The SMILES string of the molecule is COc1cc(C(N)c2cc(C)c(F)cc2F)ccc1C. The summed E-state index contributed by atoms with van der Waals surface area (Å²) in [5, 5.41) is 0. The molecule has 0 aromatic heterocycles. The highest BCUT2D eigenvalue weighted by Crippen LogP contribution is 2.28. The third kappa shape index (κ3) is 2.65. The number of aryl methyl sites for hydroxylation is 2. The first-order valence-corrected chi connectivity index (χ1v) is 6.29. The Balaban J connectivity index is 2.46. The van der Waals surface area contributed by atoms with Gasteiger partial charge < -0.3 is 10.5 Å². The van der Waals surface area contributed by atoms with Crippen molar-refractivity contribution in [2.24, 2.45) is 5.73 Å². The molecule has 1 atom stereocenters. The van der Waals surface area contributed by atoms with Crippen molar-refractivity contribution in [1.29, 1.82) is 0 Å². The van der Waals surface area contributed by atoms with Crippen molar-refractivity contribution in [3.63, 3.8) is 0 Å². The number of hydrogen-bond donors (Lipinski definition) is 1. The van der Waals surface area contributed by atoms with E-state index in [0.717, 1.165) is 17.2 Å². The Kier molecular flexibility index (Phi) is 4.04. The summed E-state index contributed by atoms with van der Waals surface area (Å²) >= 11 is 0. The molecule has 20 heavy (non-hydrogen) atoms. The van der Waals surface area contributed by atoms with E-state index in [0.29, 0.717) is 11.3 Å². The van der Waals surface area contributed by atoms with Gasteiger partial charge in [-0.2, -0.15) is 0 Å². The Morgan fingerprint density at radius 1 is 1.00 bits per heavy atom. The number of halogens is 2. The molecule has 0 bridgehead atoms. The molecule has 1 unspecified atom stereocenters. The molecule has 4 heteroatoms. The summed E-state index contributed by atoms with van der Waals surface area (Å²) in [6.45, 7) is 3.50. The van der Waals surface area contributed by atoms with Crippen molar-refractivity contribution in [2.75, 3.05) is 7.11 Å². The van der Waals surface area contributed by atoms with Gasteiger partial charge in [-0.05, 0) is 42.7 Å². The van der Waals surface area contributed by atoms with Gasteiger partial charge in [0.2, 0.25) is 0 Å². The van der Waals surface area contributed by atoms with Crippen LogP contribution in [0.4, 0.5) is 8.78 Å². The van der Waals surface area contributed by atoms with Gasteiger partial charge in [0.1, 0.15) is 17.4 Å². The summed E-state index contributed by atoms with van der Waals surface area (Å²) in [4.78, 5) is 0. The van der Waals surface area contributed by atoms with Crippen LogP contribution in [0.2, 0.25) is 0 Å². The number of nitrogens with two attached hydrogens (primary N) is 1. The number of ether oxygens (including phenoxy) is 1. The molecule has 0 radical (unpaired) electrons. The first-order chi connectivity index (χ1) is 9.43. The molecule has 0 aliphatic heterocycles. The van der Waals surface area contributed by atoms with E-state index < -0.39 is 17.7 Å². The first-order valence-electron chi connectivity index (χ1n) is 6.29. The van der Waals surface area contributed by atoms with Gasteiger partial charge in [-0.15, -0.1) is 0 Å². The van der Waals surface area contributed by atoms with Crippen LogP contribution in [0.15, 0.2) is 30.3 Å². The molecular weight excluding hydrogens is 260 g/mol. The van der Waals surface area contributed by atoms with E-state index in [2.05, 4.69) is 0 Å². The van der Waals surface area contributed by atoms with Crippen molar-refractivity contribution in [1.82, 2.24) is 0 Å². The van der Waals surface area contributed by atoms with Crippen LogP contribution >= 0.6 is 0 Å². The van der Waals surface area contributed by atoms with Gasteiger partial charge in [0.25, 0.3) is 0 Å². The maximum atomic E-state index is 13.9. The summed E-state index contributed by atoms with van der Waals surface area (Å²) in [6.07, 6.45) is 0. The molecule has 0 amide bonds. The lowest BCUT2D eigenvalue weighted by atomic mass is 9.96. The van der Waals surface area contributed by atoms with Crippen LogP contribution in [0.1, 0.15) is 28.3 Å². The Morgan fingerprint density at radius 3 is 2.35 bits per heavy atom. The average Bonchev–Trinajstić information content (AvgIpc) is 2.42. The molecule has 2 aromatic rings. The zero-order valence-corrected chi connectivity index (χ0v) is 11.7. The minimum atomic E-state index is -0.663. The molecule has 2 nitrogen and oxygen atoms in total. The fourth-order valence-corrected chi connectivity index (χ4v) is 2.13. The van der Waals surface area contributed by atoms with Crippen molar-refractivity contribution in [3.8, 4) is 5.75 Å². The van der Waals surface area contributed by atoms with E-state index in [1.165, 1.54) is 6.07 Å². The lowest BCUT2D eigenvalue weighted by molar-refractivity contribution is 0.411. The van der Waals surface area contributed by atoms with Crippen molar-refractivity contribution in [2.45, 2.75) is 19.9 Å². The van der Waals surface area contributed by atoms with Crippen molar-refractivity contribution >= 4 is 0 Å². The molecule has 0 heterocycles. The maximum Gasteiger partial charge on any atom is 0.131 e. The Morgan fingerprint density at radius 2 is 1.70 bits per heavy atom. The quantitative estimate of drug-likeness (QED) is 0.929. The molecule has 106 valence electrons. The summed E-state index contributed by atoms with van der Waals surface area (Å²) in [5.41, 5.74) is 8.43. The Bertz CT molecular complexity index is 641. The Hall–Kier alpha value is -1.94. The molecule has 2 aromatic carbocycles. The lowest BCUT2D eigenvalue weighted by Gasteiger charge is -2.16. The summed E-state index contributed by atoms with van der Waals surface area (Å²) in [5.74, 6) is -0.516. The van der Waals surface area contributed by atoms with Crippen LogP contribution in [-0.4, -0.2) is 7.11 Å². The van der Waals surface area contributed by atoms with Crippen LogP contribution in [-0.2, 0) is 0 Å². The first kappa shape index (κ1) is 14.5. The predicted octanol–water partition coefficient (Wildman–Crippen LogP) is 3.64. The number of rotatable bonds is 3. The average molecular weight is 277 g/mol. The standard InChI is InChI=1S/C16H17F2NO/c1-9-4-5-11(7-15(9)20-3)16(19)12-6-10(2)13(17)8-14(12)18/h4-8,16H,19H2,1-3H3. The van der Waals surface area contributed by atoms with E-state index in [1.54, 1.807) is 20.1 Å². The minimum Gasteiger partial charge on any atom is -0.496 e. The second-order valence-corrected chi connectivity index (χ2v) is 4.83. The van der Waals surface area contributed by atoms with E-state index in [4.69, 9.17) is 10.5 Å². The molecule has 0 spiro atoms. The molecule has 2 N–H and O–H groups in total. The van der Waals surface area contributed by atoms with Gasteiger partial charge in [-0.25, -0.2) is 8.78 Å². The number of methoxy groups -OCH3 is 1. The van der Waals surface area contributed by atoms with Crippen LogP contribution < -0.4 is 10.5 Å². The monoisotopic (exact) mass is 277 g/mol. The smallest absolute Gasteiger partial charge is 0.131 e. The van der Waals surface area contributed by atoms with Crippen molar-refractivity contribution < 1.29 is 13.5 Å². The normalized spacial score (nSPS) is 12.3. The maximum absolute atomic E-state index is 13.9.